The van der Waals surface area contributed by atoms with Crippen LogP contribution in [0.5, 0.6) is 0 Å². The minimum atomic E-state index is 0.177. The Bertz CT molecular complexity index is 201. The van der Waals surface area contributed by atoms with Crippen molar-refractivity contribution in [2.24, 2.45) is 11.8 Å². The fourth-order valence-electron chi connectivity index (χ4n) is 1.27. The van der Waals surface area contributed by atoms with E-state index in [1.54, 1.807) is 6.92 Å². The molecule has 0 aromatic rings. The first-order chi connectivity index (χ1) is 5.22. The Kier molecular flexibility index (Phi) is 2.64. The van der Waals surface area contributed by atoms with E-state index in [2.05, 4.69) is 12.2 Å². The van der Waals surface area contributed by atoms with Crippen molar-refractivity contribution in [2.45, 2.75) is 20.3 Å². The molecule has 2 unspecified atom stereocenters. The molecule has 0 saturated carbocycles. The van der Waals surface area contributed by atoms with Crippen LogP contribution in [-0.4, -0.2) is 5.78 Å². The van der Waals surface area contributed by atoms with E-state index < -0.39 is 0 Å². The number of hydrogen-bond acceptors (Lipinski definition) is 1. The molecule has 0 heterocycles. The SMILES string of the molecule is CC(=O)C(C)C1C=CC=CC1. The van der Waals surface area contributed by atoms with E-state index in [4.69, 9.17) is 0 Å². The van der Waals surface area contributed by atoms with Gasteiger partial charge in [0.25, 0.3) is 0 Å². The van der Waals surface area contributed by atoms with Crippen LogP contribution in [0.15, 0.2) is 24.3 Å². The first-order valence-corrected chi connectivity index (χ1v) is 4.05. The molecule has 11 heavy (non-hydrogen) atoms. The number of carbonyl (C=O) groups is 1. The van der Waals surface area contributed by atoms with Crippen LogP contribution in [-0.2, 0) is 4.79 Å². The van der Waals surface area contributed by atoms with Crippen LogP contribution >= 0.6 is 0 Å². The molecule has 1 rings (SSSR count). The molecule has 0 aromatic carbocycles. The molecule has 0 aromatic heterocycles. The standard InChI is InChI=1S/C10H14O/c1-8(9(2)11)10-6-4-3-5-7-10/h3-6,8,10H,7H2,1-2H3. The zero-order valence-corrected chi connectivity index (χ0v) is 7.08. The van der Waals surface area contributed by atoms with Gasteiger partial charge in [-0.15, -0.1) is 0 Å². The van der Waals surface area contributed by atoms with Gasteiger partial charge in [0.1, 0.15) is 5.78 Å². The third-order valence-corrected chi connectivity index (χ3v) is 2.30. The van der Waals surface area contributed by atoms with Gasteiger partial charge in [-0.05, 0) is 19.3 Å². The lowest BCUT2D eigenvalue weighted by molar-refractivity contribution is -0.121. The Morgan fingerprint density at radius 1 is 1.55 bits per heavy atom. The number of carbonyl (C=O) groups excluding carboxylic acids is 1. The van der Waals surface area contributed by atoms with Crippen LogP contribution in [0, 0.1) is 11.8 Å². The summed E-state index contributed by atoms with van der Waals surface area (Å²) in [5.74, 6) is 0.892. The van der Waals surface area contributed by atoms with Gasteiger partial charge in [0.2, 0.25) is 0 Å². The maximum Gasteiger partial charge on any atom is 0.133 e. The summed E-state index contributed by atoms with van der Waals surface area (Å²) in [6.07, 6.45) is 9.30. The predicted octanol–water partition coefficient (Wildman–Crippen LogP) is 2.34. The van der Waals surface area contributed by atoms with E-state index in [0.717, 1.165) is 6.42 Å². The van der Waals surface area contributed by atoms with Crippen molar-refractivity contribution in [3.63, 3.8) is 0 Å². The van der Waals surface area contributed by atoms with Crippen LogP contribution < -0.4 is 0 Å². The second-order valence-electron chi connectivity index (χ2n) is 3.11. The van der Waals surface area contributed by atoms with Gasteiger partial charge in [0.05, 0.1) is 0 Å². The quantitative estimate of drug-likeness (QED) is 0.590. The summed E-state index contributed by atoms with van der Waals surface area (Å²) >= 11 is 0. The number of Topliss-reactive ketones (excluding diaryl/α,β-unsaturated/α-hetero) is 1. The molecule has 0 saturated heterocycles. The van der Waals surface area contributed by atoms with Gasteiger partial charge in [-0.2, -0.15) is 0 Å². The van der Waals surface area contributed by atoms with E-state index in [-0.39, 0.29) is 11.7 Å². The third-order valence-electron chi connectivity index (χ3n) is 2.30. The smallest absolute Gasteiger partial charge is 0.133 e. The number of allylic oxidation sites excluding steroid dienone is 4. The summed E-state index contributed by atoms with van der Waals surface area (Å²) in [5, 5.41) is 0. The Labute approximate surface area is 67.8 Å². The number of hydrogen-bond donors (Lipinski definition) is 0. The Morgan fingerprint density at radius 2 is 2.27 bits per heavy atom. The monoisotopic (exact) mass is 150 g/mol. The summed E-state index contributed by atoms with van der Waals surface area (Å²) in [5.41, 5.74) is 0. The molecule has 60 valence electrons. The fraction of sp³-hybridized carbons (Fsp3) is 0.500. The molecule has 1 heteroatoms. The fourth-order valence-corrected chi connectivity index (χ4v) is 1.27. The van der Waals surface area contributed by atoms with Gasteiger partial charge in [0, 0.05) is 5.92 Å². The molecule has 1 aliphatic rings. The molecule has 0 fully saturated rings. The number of ketones is 1. The first-order valence-electron chi connectivity index (χ1n) is 4.05. The third kappa shape index (κ3) is 2.04. The molecule has 0 spiro atoms. The van der Waals surface area contributed by atoms with Crippen LogP contribution in [0.2, 0.25) is 0 Å². The predicted molar refractivity (Wildman–Crippen MR) is 46.2 cm³/mol. The molecule has 0 radical (unpaired) electrons. The Morgan fingerprint density at radius 3 is 2.73 bits per heavy atom. The van der Waals surface area contributed by atoms with Crippen molar-refractivity contribution < 1.29 is 4.79 Å². The molecule has 0 bridgehead atoms. The van der Waals surface area contributed by atoms with Crippen molar-refractivity contribution in [2.75, 3.05) is 0 Å². The molecule has 2 atom stereocenters. The van der Waals surface area contributed by atoms with Gasteiger partial charge >= 0.3 is 0 Å². The summed E-state index contributed by atoms with van der Waals surface area (Å²) in [4.78, 5) is 11.0. The van der Waals surface area contributed by atoms with Gasteiger partial charge in [0.15, 0.2) is 0 Å². The lowest BCUT2D eigenvalue weighted by Crippen LogP contribution is -2.17. The second kappa shape index (κ2) is 3.51. The van der Waals surface area contributed by atoms with Crippen molar-refractivity contribution >= 4 is 5.78 Å². The Balaban J connectivity index is 2.55. The number of rotatable bonds is 2. The largest absolute Gasteiger partial charge is 0.300 e. The zero-order valence-electron chi connectivity index (χ0n) is 7.08. The molecule has 0 amide bonds. The van der Waals surface area contributed by atoms with Crippen molar-refractivity contribution in [3.8, 4) is 0 Å². The second-order valence-corrected chi connectivity index (χ2v) is 3.11. The highest BCUT2D eigenvalue weighted by molar-refractivity contribution is 5.78. The summed E-state index contributed by atoms with van der Waals surface area (Å²) in [6.45, 7) is 3.66. The summed E-state index contributed by atoms with van der Waals surface area (Å²) < 4.78 is 0. The average Bonchev–Trinajstić information content (AvgIpc) is 2.05. The molecule has 0 N–H and O–H groups in total. The lowest BCUT2D eigenvalue weighted by Gasteiger charge is -2.18. The van der Waals surface area contributed by atoms with E-state index in [9.17, 15) is 4.79 Å². The van der Waals surface area contributed by atoms with E-state index >= 15 is 0 Å². The minimum absolute atomic E-state index is 0.177. The van der Waals surface area contributed by atoms with Crippen molar-refractivity contribution in [1.82, 2.24) is 0 Å². The van der Waals surface area contributed by atoms with Crippen LogP contribution in [0.1, 0.15) is 20.3 Å². The minimum Gasteiger partial charge on any atom is -0.300 e. The molecular weight excluding hydrogens is 136 g/mol. The summed E-state index contributed by atoms with van der Waals surface area (Å²) in [7, 11) is 0. The zero-order chi connectivity index (χ0) is 8.27. The van der Waals surface area contributed by atoms with E-state index in [0.29, 0.717) is 5.92 Å². The normalized spacial score (nSPS) is 25.1. The Hall–Kier alpha value is -0.850. The van der Waals surface area contributed by atoms with Crippen LogP contribution in [0.3, 0.4) is 0 Å². The van der Waals surface area contributed by atoms with Crippen LogP contribution in [0.25, 0.3) is 0 Å². The van der Waals surface area contributed by atoms with E-state index in [1.807, 2.05) is 19.1 Å². The highest BCUT2D eigenvalue weighted by Gasteiger charge is 2.17. The highest BCUT2D eigenvalue weighted by atomic mass is 16.1. The molecule has 1 nitrogen and oxygen atoms in total. The highest BCUT2D eigenvalue weighted by Crippen LogP contribution is 2.21. The first kappa shape index (κ1) is 8.25. The topological polar surface area (TPSA) is 17.1 Å². The van der Waals surface area contributed by atoms with E-state index in [1.165, 1.54) is 0 Å². The van der Waals surface area contributed by atoms with Gasteiger partial charge < -0.3 is 0 Å². The molecule has 1 aliphatic carbocycles. The van der Waals surface area contributed by atoms with Crippen molar-refractivity contribution in [1.29, 1.82) is 0 Å². The lowest BCUT2D eigenvalue weighted by atomic mass is 9.86. The molecular formula is C10H14O. The molecule has 0 aliphatic heterocycles. The maximum atomic E-state index is 11.0. The summed E-state index contributed by atoms with van der Waals surface area (Å²) in [6, 6.07) is 0. The van der Waals surface area contributed by atoms with Crippen molar-refractivity contribution in [3.05, 3.63) is 24.3 Å². The average molecular weight is 150 g/mol. The van der Waals surface area contributed by atoms with Gasteiger partial charge in [-0.25, -0.2) is 0 Å². The maximum absolute atomic E-state index is 11.0. The van der Waals surface area contributed by atoms with Crippen LogP contribution in [0.4, 0.5) is 0 Å². The van der Waals surface area contributed by atoms with Gasteiger partial charge in [-0.3, -0.25) is 4.79 Å². The van der Waals surface area contributed by atoms with Gasteiger partial charge in [-0.1, -0.05) is 31.2 Å².